The lowest BCUT2D eigenvalue weighted by Gasteiger charge is -2.20. The van der Waals surface area contributed by atoms with Crippen LogP contribution in [-0.4, -0.2) is 30.0 Å². The van der Waals surface area contributed by atoms with Crippen molar-refractivity contribution in [2.75, 3.05) is 13.2 Å². The van der Waals surface area contributed by atoms with E-state index in [4.69, 9.17) is 4.74 Å². The molecule has 5 heteroatoms. The van der Waals surface area contributed by atoms with Gasteiger partial charge in [-0.25, -0.2) is 0 Å². The lowest BCUT2D eigenvalue weighted by molar-refractivity contribution is -0.148. The zero-order chi connectivity index (χ0) is 17.1. The molecule has 1 aromatic heterocycles. The summed E-state index contributed by atoms with van der Waals surface area (Å²) in [4.78, 5) is 27.7. The topological polar surface area (TPSA) is 71.2 Å². The first-order valence-corrected chi connectivity index (χ1v) is 8.72. The molecule has 0 saturated carbocycles. The van der Waals surface area contributed by atoms with Gasteiger partial charge < -0.3 is 15.0 Å². The van der Waals surface area contributed by atoms with E-state index in [1.165, 1.54) is 5.69 Å². The number of benzene rings is 1. The maximum absolute atomic E-state index is 12.2. The first kappa shape index (κ1) is 16.6. The fraction of sp³-hybridized carbons (Fsp3) is 0.474. The van der Waals surface area contributed by atoms with Crippen LogP contribution < -0.4 is 5.32 Å². The van der Waals surface area contributed by atoms with Crippen LogP contribution in [0.15, 0.2) is 18.2 Å². The number of hydrogen-bond acceptors (Lipinski definition) is 3. The van der Waals surface area contributed by atoms with E-state index in [-0.39, 0.29) is 17.8 Å². The van der Waals surface area contributed by atoms with Crippen molar-refractivity contribution in [3.8, 4) is 0 Å². The Balaban J connectivity index is 1.89. The fourth-order valence-corrected chi connectivity index (χ4v) is 3.36. The van der Waals surface area contributed by atoms with Gasteiger partial charge in [-0.15, -0.1) is 0 Å². The summed E-state index contributed by atoms with van der Waals surface area (Å²) in [6.45, 7) is 4.95. The predicted molar refractivity (Wildman–Crippen MR) is 93.1 cm³/mol. The zero-order valence-electron chi connectivity index (χ0n) is 14.3. The van der Waals surface area contributed by atoms with E-state index in [0.29, 0.717) is 25.1 Å². The second kappa shape index (κ2) is 7.07. The first-order chi connectivity index (χ1) is 11.6. The molecule has 0 radical (unpaired) electrons. The van der Waals surface area contributed by atoms with Crippen molar-refractivity contribution >= 4 is 22.8 Å². The van der Waals surface area contributed by atoms with Crippen molar-refractivity contribution < 1.29 is 14.3 Å². The number of ether oxygens (including phenoxy) is 1. The molecule has 5 nitrogen and oxygen atoms in total. The first-order valence-electron chi connectivity index (χ1n) is 8.72. The van der Waals surface area contributed by atoms with E-state index in [1.54, 1.807) is 0 Å². The number of aryl methyl sites for hydroxylation is 1. The smallest absolute Gasteiger partial charge is 0.309 e. The third-order valence-corrected chi connectivity index (χ3v) is 4.61. The van der Waals surface area contributed by atoms with E-state index < -0.39 is 0 Å². The Labute approximate surface area is 141 Å². The van der Waals surface area contributed by atoms with E-state index in [1.807, 2.05) is 32.0 Å². The van der Waals surface area contributed by atoms with Crippen molar-refractivity contribution in [1.82, 2.24) is 10.3 Å². The summed E-state index contributed by atoms with van der Waals surface area (Å²) in [5.74, 6) is -0.255. The monoisotopic (exact) mass is 328 g/mol. The molecular formula is C19H24N2O3. The lowest BCUT2D eigenvalue weighted by Crippen LogP contribution is -2.24. The Morgan fingerprint density at radius 3 is 2.92 bits per heavy atom. The van der Waals surface area contributed by atoms with Gasteiger partial charge in [-0.3, -0.25) is 9.59 Å². The van der Waals surface area contributed by atoms with Crippen LogP contribution in [0.4, 0.5) is 0 Å². The molecule has 1 heterocycles. The highest BCUT2D eigenvalue weighted by Crippen LogP contribution is 2.32. The number of nitrogens with one attached hydrogen (secondary N) is 2. The van der Waals surface area contributed by atoms with Gasteiger partial charge in [0.2, 0.25) is 0 Å². The Morgan fingerprint density at radius 2 is 2.17 bits per heavy atom. The highest BCUT2D eigenvalue weighted by atomic mass is 16.5. The van der Waals surface area contributed by atoms with Crippen molar-refractivity contribution in [3.63, 3.8) is 0 Å². The Bertz CT molecular complexity index is 763. The van der Waals surface area contributed by atoms with Crippen LogP contribution in [0.5, 0.6) is 0 Å². The second-order valence-electron chi connectivity index (χ2n) is 6.29. The summed E-state index contributed by atoms with van der Waals surface area (Å²) < 4.78 is 5.18. The SMILES string of the molecule is CCCNC(=O)c1ccc2[nH]c3c(c2c1)CC(C(=O)OCC)CC3. The summed E-state index contributed by atoms with van der Waals surface area (Å²) >= 11 is 0. The molecule has 0 bridgehead atoms. The minimum atomic E-state index is -0.116. The summed E-state index contributed by atoms with van der Waals surface area (Å²) in [6.07, 6.45) is 3.23. The largest absolute Gasteiger partial charge is 0.466 e. The molecule has 2 N–H and O–H groups in total. The van der Waals surface area contributed by atoms with Crippen LogP contribution in [0.25, 0.3) is 10.9 Å². The normalized spacial score (nSPS) is 16.7. The number of H-pyrrole nitrogens is 1. The summed E-state index contributed by atoms with van der Waals surface area (Å²) in [7, 11) is 0. The second-order valence-corrected chi connectivity index (χ2v) is 6.29. The maximum atomic E-state index is 12.2. The number of hydrogen-bond donors (Lipinski definition) is 2. The molecule has 2 aromatic rings. The van der Waals surface area contributed by atoms with Gasteiger partial charge in [0.25, 0.3) is 5.91 Å². The van der Waals surface area contributed by atoms with Crippen LogP contribution in [0, 0.1) is 5.92 Å². The molecule has 0 fully saturated rings. The number of amides is 1. The number of aromatic nitrogens is 1. The summed E-state index contributed by atoms with van der Waals surface area (Å²) in [5, 5.41) is 3.95. The van der Waals surface area contributed by atoms with Gasteiger partial charge in [-0.05, 0) is 56.4 Å². The molecule has 1 atom stereocenters. The van der Waals surface area contributed by atoms with Gasteiger partial charge in [-0.1, -0.05) is 6.92 Å². The van der Waals surface area contributed by atoms with Gasteiger partial charge >= 0.3 is 5.97 Å². The average molecular weight is 328 g/mol. The van der Waals surface area contributed by atoms with Crippen LogP contribution in [0.3, 0.4) is 0 Å². The minimum absolute atomic E-state index is 0.0496. The summed E-state index contributed by atoms with van der Waals surface area (Å²) in [6, 6.07) is 5.73. The van der Waals surface area contributed by atoms with Crippen molar-refractivity contribution in [2.24, 2.45) is 5.92 Å². The number of rotatable bonds is 5. The maximum Gasteiger partial charge on any atom is 0.309 e. The fourth-order valence-electron chi connectivity index (χ4n) is 3.36. The van der Waals surface area contributed by atoms with Crippen LogP contribution in [0.1, 0.15) is 48.3 Å². The molecule has 0 saturated heterocycles. The quantitative estimate of drug-likeness (QED) is 0.829. The molecule has 0 aliphatic heterocycles. The van der Waals surface area contributed by atoms with Gasteiger partial charge in [0.15, 0.2) is 0 Å². The molecule has 128 valence electrons. The Hall–Kier alpha value is -2.30. The van der Waals surface area contributed by atoms with Gasteiger partial charge in [0, 0.05) is 28.7 Å². The molecule has 1 aromatic carbocycles. The number of fused-ring (bicyclic) bond motifs is 3. The van der Waals surface area contributed by atoms with Crippen molar-refractivity contribution in [2.45, 2.75) is 39.5 Å². The molecule has 1 aliphatic rings. The zero-order valence-corrected chi connectivity index (χ0v) is 14.3. The van der Waals surface area contributed by atoms with Crippen molar-refractivity contribution in [1.29, 1.82) is 0 Å². The van der Waals surface area contributed by atoms with Crippen molar-refractivity contribution in [3.05, 3.63) is 35.0 Å². The van der Waals surface area contributed by atoms with Gasteiger partial charge in [0.1, 0.15) is 0 Å². The van der Waals surface area contributed by atoms with Gasteiger partial charge in [-0.2, -0.15) is 0 Å². The number of carbonyl (C=O) groups excluding carboxylic acids is 2. The lowest BCUT2D eigenvalue weighted by atomic mass is 9.86. The van der Waals surface area contributed by atoms with E-state index in [9.17, 15) is 9.59 Å². The summed E-state index contributed by atoms with van der Waals surface area (Å²) in [5.41, 5.74) is 4.02. The molecule has 24 heavy (non-hydrogen) atoms. The Kier molecular flexibility index (Phi) is 4.88. The number of aromatic amines is 1. The molecule has 0 spiro atoms. The highest BCUT2D eigenvalue weighted by Gasteiger charge is 2.28. The number of esters is 1. The average Bonchev–Trinajstić information content (AvgIpc) is 2.96. The minimum Gasteiger partial charge on any atom is -0.466 e. The van der Waals surface area contributed by atoms with Crippen LogP contribution in [0.2, 0.25) is 0 Å². The standard InChI is InChI=1S/C19H24N2O3/c1-3-9-20-18(22)12-5-7-16-14(10-12)15-11-13(19(23)24-4-2)6-8-17(15)21-16/h5,7,10,13,21H,3-4,6,8-9,11H2,1-2H3,(H,20,22). The predicted octanol–water partition coefficient (Wildman–Crippen LogP) is 2.98. The van der Waals surface area contributed by atoms with E-state index in [0.717, 1.165) is 35.7 Å². The molecule has 1 amide bonds. The molecular weight excluding hydrogens is 304 g/mol. The van der Waals surface area contributed by atoms with Crippen LogP contribution >= 0.6 is 0 Å². The number of carbonyl (C=O) groups is 2. The third-order valence-electron chi connectivity index (χ3n) is 4.61. The van der Waals surface area contributed by atoms with Crippen LogP contribution in [-0.2, 0) is 22.4 Å². The molecule has 3 rings (SSSR count). The third kappa shape index (κ3) is 3.16. The highest BCUT2D eigenvalue weighted by molar-refractivity contribution is 5.99. The molecule has 1 aliphatic carbocycles. The van der Waals surface area contributed by atoms with Gasteiger partial charge in [0.05, 0.1) is 12.5 Å². The Morgan fingerprint density at radius 1 is 1.33 bits per heavy atom. The van der Waals surface area contributed by atoms with E-state index >= 15 is 0 Å². The van der Waals surface area contributed by atoms with E-state index in [2.05, 4.69) is 10.3 Å². The molecule has 1 unspecified atom stereocenters.